The van der Waals surface area contributed by atoms with E-state index in [1.54, 1.807) is 0 Å². The molecule has 1 saturated carbocycles. The van der Waals surface area contributed by atoms with Crippen LogP contribution in [0.1, 0.15) is 36.9 Å². The van der Waals surface area contributed by atoms with Crippen molar-refractivity contribution in [3.63, 3.8) is 0 Å². The van der Waals surface area contributed by atoms with Gasteiger partial charge in [0.2, 0.25) is 0 Å². The van der Waals surface area contributed by atoms with Crippen molar-refractivity contribution < 1.29 is 4.74 Å². The molecule has 0 aromatic heterocycles. The van der Waals surface area contributed by atoms with E-state index in [0.29, 0.717) is 18.2 Å². The van der Waals surface area contributed by atoms with Crippen molar-refractivity contribution in [3.8, 4) is 0 Å². The summed E-state index contributed by atoms with van der Waals surface area (Å²) in [5, 5.41) is 7.30. The highest BCUT2D eigenvalue weighted by Crippen LogP contribution is 2.25. The highest BCUT2D eigenvalue weighted by atomic mass is 16.5. The third-order valence-corrected chi connectivity index (χ3v) is 4.32. The van der Waals surface area contributed by atoms with E-state index in [1.807, 2.05) is 0 Å². The molecule has 104 valence electrons. The molecule has 2 aliphatic rings. The van der Waals surface area contributed by atoms with Crippen LogP contribution in [0.3, 0.4) is 0 Å². The molecule has 3 heteroatoms. The number of ether oxygens (including phenoxy) is 1. The molecule has 1 fully saturated rings. The van der Waals surface area contributed by atoms with Gasteiger partial charge in [-0.15, -0.1) is 0 Å². The SMILES string of the molecule is CCOC1CC(NCC2NCCc3ccccc32)C1. The average molecular weight is 260 g/mol. The van der Waals surface area contributed by atoms with Gasteiger partial charge in [0.25, 0.3) is 0 Å². The second kappa shape index (κ2) is 6.04. The summed E-state index contributed by atoms with van der Waals surface area (Å²) in [5.74, 6) is 0. The van der Waals surface area contributed by atoms with Crippen LogP contribution < -0.4 is 10.6 Å². The highest BCUT2D eigenvalue weighted by Gasteiger charge is 2.30. The molecule has 0 spiro atoms. The molecule has 0 saturated heterocycles. The van der Waals surface area contributed by atoms with E-state index >= 15 is 0 Å². The lowest BCUT2D eigenvalue weighted by Crippen LogP contribution is -2.48. The molecule has 3 rings (SSSR count). The molecule has 1 unspecified atom stereocenters. The van der Waals surface area contributed by atoms with E-state index in [-0.39, 0.29) is 0 Å². The number of rotatable bonds is 5. The van der Waals surface area contributed by atoms with Crippen LogP contribution in [0.5, 0.6) is 0 Å². The Hall–Kier alpha value is -0.900. The minimum absolute atomic E-state index is 0.469. The minimum atomic E-state index is 0.469. The van der Waals surface area contributed by atoms with Crippen LogP contribution in [-0.2, 0) is 11.2 Å². The molecular formula is C16H24N2O. The van der Waals surface area contributed by atoms with E-state index in [9.17, 15) is 0 Å². The van der Waals surface area contributed by atoms with Gasteiger partial charge in [-0.3, -0.25) is 0 Å². The van der Waals surface area contributed by atoms with E-state index in [2.05, 4.69) is 41.8 Å². The maximum absolute atomic E-state index is 5.60. The van der Waals surface area contributed by atoms with Gasteiger partial charge in [0, 0.05) is 25.2 Å². The van der Waals surface area contributed by atoms with Gasteiger partial charge in [-0.1, -0.05) is 24.3 Å². The lowest BCUT2D eigenvalue weighted by molar-refractivity contribution is -0.0102. The second-order valence-electron chi connectivity index (χ2n) is 5.61. The quantitative estimate of drug-likeness (QED) is 0.850. The number of hydrogen-bond donors (Lipinski definition) is 2. The fourth-order valence-corrected chi connectivity index (χ4v) is 3.16. The van der Waals surface area contributed by atoms with Crippen molar-refractivity contribution in [2.75, 3.05) is 19.7 Å². The zero-order chi connectivity index (χ0) is 13.1. The van der Waals surface area contributed by atoms with Gasteiger partial charge in [-0.05, 0) is 43.9 Å². The predicted molar refractivity (Wildman–Crippen MR) is 77.3 cm³/mol. The van der Waals surface area contributed by atoms with E-state index in [0.717, 1.165) is 26.1 Å². The van der Waals surface area contributed by atoms with Crippen molar-refractivity contribution in [2.24, 2.45) is 0 Å². The van der Waals surface area contributed by atoms with Gasteiger partial charge < -0.3 is 15.4 Å². The zero-order valence-corrected chi connectivity index (χ0v) is 11.7. The molecule has 1 atom stereocenters. The van der Waals surface area contributed by atoms with Crippen LogP contribution in [0.15, 0.2) is 24.3 Å². The molecule has 19 heavy (non-hydrogen) atoms. The van der Waals surface area contributed by atoms with Gasteiger partial charge in [-0.25, -0.2) is 0 Å². The van der Waals surface area contributed by atoms with Gasteiger partial charge >= 0.3 is 0 Å². The molecule has 0 bridgehead atoms. The lowest BCUT2D eigenvalue weighted by Gasteiger charge is -2.37. The van der Waals surface area contributed by atoms with Gasteiger partial charge in [0.15, 0.2) is 0 Å². The van der Waals surface area contributed by atoms with Crippen molar-refractivity contribution in [2.45, 2.75) is 44.4 Å². The summed E-state index contributed by atoms with van der Waals surface area (Å²) in [6, 6.07) is 9.93. The molecule has 1 aromatic carbocycles. The Morgan fingerprint density at radius 3 is 3.00 bits per heavy atom. The topological polar surface area (TPSA) is 33.3 Å². The fourth-order valence-electron chi connectivity index (χ4n) is 3.16. The summed E-state index contributed by atoms with van der Waals surface area (Å²) in [6.07, 6.45) is 3.99. The first-order valence-electron chi connectivity index (χ1n) is 7.53. The molecule has 0 amide bonds. The summed E-state index contributed by atoms with van der Waals surface area (Å²) >= 11 is 0. The van der Waals surface area contributed by atoms with E-state index in [1.165, 1.54) is 24.0 Å². The molecule has 1 heterocycles. The van der Waals surface area contributed by atoms with Crippen LogP contribution in [0.4, 0.5) is 0 Å². The largest absolute Gasteiger partial charge is 0.378 e. The number of benzene rings is 1. The van der Waals surface area contributed by atoms with Gasteiger partial charge in [0.05, 0.1) is 6.10 Å². The third kappa shape index (κ3) is 2.99. The Morgan fingerprint density at radius 1 is 1.32 bits per heavy atom. The lowest BCUT2D eigenvalue weighted by atomic mass is 9.88. The van der Waals surface area contributed by atoms with Gasteiger partial charge in [0.1, 0.15) is 0 Å². The highest BCUT2D eigenvalue weighted by molar-refractivity contribution is 5.32. The second-order valence-corrected chi connectivity index (χ2v) is 5.61. The third-order valence-electron chi connectivity index (χ3n) is 4.32. The summed E-state index contributed by atoms with van der Waals surface area (Å²) in [6.45, 7) is 5.04. The van der Waals surface area contributed by atoms with Crippen LogP contribution in [-0.4, -0.2) is 31.8 Å². The van der Waals surface area contributed by atoms with E-state index in [4.69, 9.17) is 4.74 Å². The van der Waals surface area contributed by atoms with Crippen molar-refractivity contribution in [3.05, 3.63) is 35.4 Å². The monoisotopic (exact) mass is 260 g/mol. The number of fused-ring (bicyclic) bond motifs is 1. The maximum atomic E-state index is 5.60. The van der Waals surface area contributed by atoms with Crippen LogP contribution in [0, 0.1) is 0 Å². The molecular weight excluding hydrogens is 236 g/mol. The fraction of sp³-hybridized carbons (Fsp3) is 0.625. The predicted octanol–water partition coefficient (Wildman–Crippen LogP) is 2.03. The summed E-state index contributed by atoms with van der Waals surface area (Å²) < 4.78 is 5.60. The minimum Gasteiger partial charge on any atom is -0.378 e. The first kappa shape index (κ1) is 13.1. The first-order chi connectivity index (χ1) is 9.36. The van der Waals surface area contributed by atoms with Crippen molar-refractivity contribution >= 4 is 0 Å². The Kier molecular flexibility index (Phi) is 4.16. The van der Waals surface area contributed by atoms with Gasteiger partial charge in [-0.2, -0.15) is 0 Å². The normalized spacial score (nSPS) is 29.6. The summed E-state index contributed by atoms with van der Waals surface area (Å²) in [5.41, 5.74) is 2.98. The Labute approximate surface area is 115 Å². The van der Waals surface area contributed by atoms with Crippen molar-refractivity contribution in [1.82, 2.24) is 10.6 Å². The maximum Gasteiger partial charge on any atom is 0.0604 e. The van der Waals surface area contributed by atoms with Crippen LogP contribution in [0.25, 0.3) is 0 Å². The Bertz CT molecular complexity index is 415. The molecule has 3 nitrogen and oxygen atoms in total. The first-order valence-corrected chi connectivity index (χ1v) is 7.53. The average Bonchev–Trinajstić information content (AvgIpc) is 2.41. The van der Waals surface area contributed by atoms with Crippen LogP contribution >= 0.6 is 0 Å². The zero-order valence-electron chi connectivity index (χ0n) is 11.7. The molecule has 2 N–H and O–H groups in total. The smallest absolute Gasteiger partial charge is 0.0604 e. The summed E-state index contributed by atoms with van der Waals surface area (Å²) in [4.78, 5) is 0. The molecule has 1 aliphatic carbocycles. The number of nitrogens with one attached hydrogen (secondary N) is 2. The Morgan fingerprint density at radius 2 is 2.16 bits per heavy atom. The Balaban J connectivity index is 1.49. The number of hydrogen-bond acceptors (Lipinski definition) is 3. The molecule has 0 radical (unpaired) electrons. The van der Waals surface area contributed by atoms with Crippen LogP contribution in [0.2, 0.25) is 0 Å². The van der Waals surface area contributed by atoms with Crippen molar-refractivity contribution in [1.29, 1.82) is 0 Å². The molecule has 1 aromatic rings. The standard InChI is InChI=1S/C16H24N2O/c1-2-19-14-9-13(10-14)18-11-16-15-6-4-3-5-12(15)7-8-17-16/h3-6,13-14,16-18H,2,7-11H2,1H3. The van der Waals surface area contributed by atoms with E-state index < -0.39 is 0 Å². The molecule has 1 aliphatic heterocycles. The summed E-state index contributed by atoms with van der Waals surface area (Å²) in [7, 11) is 0.